The fourth-order valence-corrected chi connectivity index (χ4v) is 2.84. The lowest BCUT2D eigenvalue weighted by molar-refractivity contribution is -0.132. The first-order valence-corrected chi connectivity index (χ1v) is 5.22. The Morgan fingerprint density at radius 2 is 1.50 bits per heavy atom. The largest absolute Gasteiger partial charge is 0.273 e. The molecule has 1 aliphatic heterocycles. The normalized spacial score (nSPS) is 35.6. The van der Waals surface area contributed by atoms with E-state index >= 15 is 0 Å². The molecule has 0 aromatic rings. The van der Waals surface area contributed by atoms with Gasteiger partial charge in [0.25, 0.3) is 0 Å². The van der Waals surface area contributed by atoms with Gasteiger partial charge in [-0.15, -0.1) is 0 Å². The SMILES string of the molecule is O=C1C2CCCCC2C(=O)N1I. The lowest BCUT2D eigenvalue weighted by Crippen LogP contribution is -2.21. The second-order valence-corrected chi connectivity index (χ2v) is 4.42. The molecule has 0 radical (unpaired) electrons. The van der Waals surface area contributed by atoms with E-state index < -0.39 is 0 Å². The molecule has 0 N–H and O–H groups in total. The second-order valence-electron chi connectivity index (χ2n) is 3.45. The van der Waals surface area contributed by atoms with Crippen molar-refractivity contribution < 1.29 is 9.59 Å². The highest BCUT2D eigenvalue weighted by atomic mass is 127. The van der Waals surface area contributed by atoms with Crippen LogP contribution in [0.3, 0.4) is 0 Å². The van der Waals surface area contributed by atoms with Gasteiger partial charge in [-0.05, 0) is 12.8 Å². The van der Waals surface area contributed by atoms with E-state index in [1.807, 2.05) is 22.9 Å². The summed E-state index contributed by atoms with van der Waals surface area (Å²) in [5.74, 6) is 0.0990. The zero-order valence-electron chi connectivity index (χ0n) is 6.62. The Balaban J connectivity index is 2.25. The van der Waals surface area contributed by atoms with Crippen LogP contribution in [-0.4, -0.2) is 14.9 Å². The Morgan fingerprint density at radius 1 is 1.08 bits per heavy atom. The highest BCUT2D eigenvalue weighted by Crippen LogP contribution is 2.39. The van der Waals surface area contributed by atoms with Gasteiger partial charge in [0, 0.05) is 0 Å². The molecule has 12 heavy (non-hydrogen) atoms. The Labute approximate surface area is 85.0 Å². The predicted molar refractivity (Wildman–Crippen MR) is 51.3 cm³/mol. The minimum absolute atomic E-state index is 0.0168. The van der Waals surface area contributed by atoms with Crippen LogP contribution in [0.5, 0.6) is 0 Å². The molecule has 0 bridgehead atoms. The van der Waals surface area contributed by atoms with E-state index in [9.17, 15) is 9.59 Å². The average Bonchev–Trinajstić information content (AvgIpc) is 2.33. The monoisotopic (exact) mass is 279 g/mol. The molecule has 2 rings (SSSR count). The Bertz CT molecular complexity index is 217. The Morgan fingerprint density at radius 3 is 1.92 bits per heavy atom. The van der Waals surface area contributed by atoms with Crippen molar-refractivity contribution in [1.82, 2.24) is 3.11 Å². The van der Waals surface area contributed by atoms with E-state index in [1.165, 1.54) is 3.11 Å². The molecule has 4 heteroatoms. The van der Waals surface area contributed by atoms with Crippen LogP contribution in [0.15, 0.2) is 0 Å². The quantitative estimate of drug-likeness (QED) is 0.383. The maximum atomic E-state index is 11.4. The molecule has 2 amide bonds. The lowest BCUT2D eigenvalue weighted by Gasteiger charge is -2.19. The summed E-state index contributed by atoms with van der Waals surface area (Å²) < 4.78 is 1.28. The molecule has 2 fully saturated rings. The van der Waals surface area contributed by atoms with Crippen molar-refractivity contribution in [2.75, 3.05) is 0 Å². The topological polar surface area (TPSA) is 37.4 Å². The fourth-order valence-electron chi connectivity index (χ4n) is 2.12. The number of nitrogens with zero attached hydrogens (tertiary/aromatic N) is 1. The molecule has 0 aromatic heterocycles. The number of amides is 2. The van der Waals surface area contributed by atoms with E-state index in [1.54, 1.807) is 0 Å². The molecule has 1 saturated heterocycles. The van der Waals surface area contributed by atoms with Crippen LogP contribution in [0.2, 0.25) is 0 Å². The summed E-state index contributed by atoms with van der Waals surface area (Å²) in [6.45, 7) is 0. The Hall–Kier alpha value is -0.130. The maximum Gasteiger partial charge on any atom is 0.242 e. The van der Waals surface area contributed by atoms with Gasteiger partial charge in [-0.2, -0.15) is 0 Å². The molecule has 3 nitrogen and oxygen atoms in total. The summed E-state index contributed by atoms with van der Waals surface area (Å²) in [6.07, 6.45) is 4.03. The molecular weight excluding hydrogens is 269 g/mol. The van der Waals surface area contributed by atoms with E-state index in [0.717, 1.165) is 25.7 Å². The summed E-state index contributed by atoms with van der Waals surface area (Å²) in [5.41, 5.74) is 0. The van der Waals surface area contributed by atoms with Gasteiger partial charge in [0.2, 0.25) is 11.8 Å². The van der Waals surface area contributed by atoms with Gasteiger partial charge < -0.3 is 0 Å². The molecule has 1 saturated carbocycles. The molecule has 0 spiro atoms. The third kappa shape index (κ3) is 1.08. The minimum Gasteiger partial charge on any atom is -0.273 e. The van der Waals surface area contributed by atoms with Crippen molar-refractivity contribution in [2.24, 2.45) is 11.8 Å². The van der Waals surface area contributed by atoms with Crippen molar-refractivity contribution in [3.63, 3.8) is 0 Å². The van der Waals surface area contributed by atoms with E-state index in [2.05, 4.69) is 0 Å². The molecule has 2 aliphatic rings. The van der Waals surface area contributed by atoms with Gasteiger partial charge in [0.15, 0.2) is 0 Å². The highest BCUT2D eigenvalue weighted by Gasteiger charge is 2.47. The third-order valence-corrected chi connectivity index (χ3v) is 3.74. The van der Waals surface area contributed by atoms with Crippen LogP contribution in [0, 0.1) is 11.8 Å². The van der Waals surface area contributed by atoms with Gasteiger partial charge in [0.1, 0.15) is 0 Å². The predicted octanol–water partition coefficient (Wildman–Crippen LogP) is 1.51. The first-order chi connectivity index (χ1) is 5.72. The van der Waals surface area contributed by atoms with E-state index in [-0.39, 0.29) is 23.7 Å². The average molecular weight is 279 g/mol. The van der Waals surface area contributed by atoms with Crippen molar-refractivity contribution in [3.8, 4) is 0 Å². The van der Waals surface area contributed by atoms with Crippen LogP contribution in [0.4, 0.5) is 0 Å². The van der Waals surface area contributed by atoms with Gasteiger partial charge in [0.05, 0.1) is 34.7 Å². The van der Waals surface area contributed by atoms with Gasteiger partial charge in [-0.1, -0.05) is 12.8 Å². The molecule has 2 atom stereocenters. The van der Waals surface area contributed by atoms with Crippen LogP contribution in [-0.2, 0) is 9.59 Å². The number of imide groups is 1. The van der Waals surface area contributed by atoms with Crippen molar-refractivity contribution in [1.29, 1.82) is 0 Å². The molecule has 66 valence electrons. The number of hydrogen-bond donors (Lipinski definition) is 0. The minimum atomic E-state index is 0.0168. The van der Waals surface area contributed by atoms with Crippen molar-refractivity contribution in [2.45, 2.75) is 25.7 Å². The fraction of sp³-hybridized carbons (Fsp3) is 0.750. The first kappa shape index (κ1) is 8.47. The van der Waals surface area contributed by atoms with Gasteiger partial charge >= 0.3 is 0 Å². The first-order valence-electron chi connectivity index (χ1n) is 4.25. The van der Waals surface area contributed by atoms with Gasteiger partial charge in [-0.3, -0.25) is 9.59 Å². The lowest BCUT2D eigenvalue weighted by atomic mass is 9.81. The molecule has 0 aromatic carbocycles. The number of fused-ring (bicyclic) bond motifs is 1. The van der Waals surface area contributed by atoms with Crippen LogP contribution < -0.4 is 0 Å². The summed E-state index contributed by atoms with van der Waals surface area (Å²) in [7, 11) is 0. The molecule has 1 heterocycles. The number of carbonyl (C=O) groups excluding carboxylic acids is 2. The highest BCUT2D eigenvalue weighted by molar-refractivity contribution is 14.1. The van der Waals surface area contributed by atoms with E-state index in [4.69, 9.17) is 0 Å². The summed E-state index contributed by atoms with van der Waals surface area (Å²) in [4.78, 5) is 22.9. The Kier molecular flexibility index (Phi) is 2.10. The third-order valence-electron chi connectivity index (χ3n) is 2.79. The number of halogens is 1. The van der Waals surface area contributed by atoms with Crippen LogP contribution in [0.25, 0.3) is 0 Å². The molecule has 2 unspecified atom stereocenters. The number of rotatable bonds is 0. The van der Waals surface area contributed by atoms with Crippen LogP contribution >= 0.6 is 22.9 Å². The summed E-state index contributed by atoms with van der Waals surface area (Å²) >= 11 is 1.82. The maximum absolute atomic E-state index is 11.4. The zero-order chi connectivity index (χ0) is 8.72. The molecule has 1 aliphatic carbocycles. The van der Waals surface area contributed by atoms with Gasteiger partial charge in [-0.25, -0.2) is 3.11 Å². The second kappa shape index (κ2) is 2.97. The van der Waals surface area contributed by atoms with E-state index in [0.29, 0.717) is 0 Å². The zero-order valence-corrected chi connectivity index (χ0v) is 8.78. The summed E-state index contributed by atoms with van der Waals surface area (Å²) in [5, 5.41) is 0. The molecular formula is C8H10INO2. The smallest absolute Gasteiger partial charge is 0.242 e. The number of carbonyl (C=O) groups is 2. The van der Waals surface area contributed by atoms with Crippen molar-refractivity contribution in [3.05, 3.63) is 0 Å². The standard InChI is InChI=1S/C8H10INO2/c9-10-7(11)5-3-1-2-4-6(5)8(10)12/h5-6H,1-4H2. The summed E-state index contributed by atoms with van der Waals surface area (Å²) in [6, 6.07) is 0. The van der Waals surface area contributed by atoms with Crippen LogP contribution in [0.1, 0.15) is 25.7 Å². The van der Waals surface area contributed by atoms with Crippen molar-refractivity contribution >= 4 is 34.7 Å². The number of hydrogen-bond acceptors (Lipinski definition) is 2.